The van der Waals surface area contributed by atoms with Crippen molar-refractivity contribution in [3.05, 3.63) is 34.9 Å². The molecule has 0 aliphatic heterocycles. The van der Waals surface area contributed by atoms with E-state index in [1.165, 1.54) is 0 Å². The zero-order valence-electron chi connectivity index (χ0n) is 8.12. The Morgan fingerprint density at radius 2 is 1.73 bits per heavy atom. The van der Waals surface area contributed by atoms with Crippen LogP contribution in [0.1, 0.15) is 12.0 Å². The van der Waals surface area contributed by atoms with Crippen molar-refractivity contribution in [2.24, 2.45) is 0 Å². The first-order chi connectivity index (χ1) is 7.03. The van der Waals surface area contributed by atoms with E-state index in [2.05, 4.69) is 0 Å². The van der Waals surface area contributed by atoms with Gasteiger partial charge in [0.2, 0.25) is 0 Å². The third-order valence-electron chi connectivity index (χ3n) is 1.89. The van der Waals surface area contributed by atoms with Crippen LogP contribution in [0.2, 0.25) is 5.02 Å². The minimum atomic E-state index is -3.04. The summed E-state index contributed by atoms with van der Waals surface area (Å²) in [5, 5.41) is 0.608. The van der Waals surface area contributed by atoms with Crippen LogP contribution in [0.15, 0.2) is 24.3 Å². The van der Waals surface area contributed by atoms with Gasteiger partial charge in [0.05, 0.1) is 11.5 Å². The van der Waals surface area contributed by atoms with Crippen molar-refractivity contribution in [2.45, 2.75) is 12.2 Å². The Balaban J connectivity index is 2.65. The zero-order chi connectivity index (χ0) is 11.3. The van der Waals surface area contributed by atoms with Gasteiger partial charge < -0.3 is 0 Å². The van der Waals surface area contributed by atoms with Crippen molar-refractivity contribution in [3.63, 3.8) is 0 Å². The van der Waals surface area contributed by atoms with Gasteiger partial charge in [-0.15, -0.1) is 11.6 Å². The average Bonchev–Trinajstić information content (AvgIpc) is 2.18. The molecule has 0 aliphatic carbocycles. The quantitative estimate of drug-likeness (QED) is 0.769. The lowest BCUT2D eigenvalue weighted by atomic mass is 10.2. The number of benzene rings is 1. The fourth-order valence-corrected chi connectivity index (χ4v) is 3.03. The number of rotatable bonds is 5. The highest BCUT2D eigenvalue weighted by Gasteiger charge is 2.10. The van der Waals surface area contributed by atoms with Crippen LogP contribution in [0.3, 0.4) is 0 Å². The first kappa shape index (κ1) is 12.8. The molecular weight excluding hydrogens is 255 g/mol. The van der Waals surface area contributed by atoms with Gasteiger partial charge in [-0.25, -0.2) is 8.42 Å². The Morgan fingerprint density at radius 1 is 1.13 bits per heavy atom. The molecule has 0 unspecified atom stereocenters. The third-order valence-corrected chi connectivity index (χ3v) is 4.09. The van der Waals surface area contributed by atoms with Crippen LogP contribution in [0, 0.1) is 0 Å². The molecule has 0 aromatic heterocycles. The van der Waals surface area contributed by atoms with Gasteiger partial charge in [0.1, 0.15) is 0 Å². The molecule has 0 saturated carbocycles. The van der Waals surface area contributed by atoms with E-state index in [1.807, 2.05) is 0 Å². The van der Waals surface area contributed by atoms with E-state index in [0.717, 1.165) is 5.56 Å². The Kier molecular flexibility index (Phi) is 4.90. The van der Waals surface area contributed by atoms with Crippen LogP contribution in [0.5, 0.6) is 0 Å². The second kappa shape index (κ2) is 5.73. The lowest BCUT2D eigenvalue weighted by Gasteiger charge is -2.03. The maximum absolute atomic E-state index is 11.6. The summed E-state index contributed by atoms with van der Waals surface area (Å²) in [7, 11) is -3.04. The molecule has 0 aliphatic rings. The molecule has 84 valence electrons. The first-order valence-electron chi connectivity index (χ1n) is 4.54. The fourth-order valence-electron chi connectivity index (χ4n) is 1.18. The molecule has 1 aromatic rings. The molecule has 0 spiro atoms. The van der Waals surface area contributed by atoms with Crippen LogP contribution in [-0.4, -0.2) is 20.1 Å². The Labute approximate surface area is 100 Å². The Hall–Kier alpha value is -0.250. The summed E-state index contributed by atoms with van der Waals surface area (Å²) in [6, 6.07) is 6.82. The van der Waals surface area contributed by atoms with Gasteiger partial charge in [-0.2, -0.15) is 0 Å². The second-order valence-electron chi connectivity index (χ2n) is 3.26. The standard InChI is InChI=1S/C10H12Cl2O2S/c11-6-1-7-15(13,14)8-9-2-4-10(12)5-3-9/h2-5H,1,6-8H2. The van der Waals surface area contributed by atoms with E-state index < -0.39 is 9.84 Å². The van der Waals surface area contributed by atoms with Crippen molar-refractivity contribution in [1.82, 2.24) is 0 Å². The minimum Gasteiger partial charge on any atom is -0.228 e. The van der Waals surface area contributed by atoms with Crippen LogP contribution < -0.4 is 0 Å². The summed E-state index contributed by atoms with van der Waals surface area (Å²) in [6.07, 6.45) is 0.497. The monoisotopic (exact) mass is 266 g/mol. The van der Waals surface area contributed by atoms with Gasteiger partial charge in [0.25, 0.3) is 0 Å². The van der Waals surface area contributed by atoms with Crippen molar-refractivity contribution in [3.8, 4) is 0 Å². The molecule has 5 heteroatoms. The number of alkyl halides is 1. The number of halogens is 2. The van der Waals surface area contributed by atoms with Gasteiger partial charge in [-0.1, -0.05) is 23.7 Å². The highest BCUT2D eigenvalue weighted by molar-refractivity contribution is 7.90. The lowest BCUT2D eigenvalue weighted by Crippen LogP contribution is -2.09. The van der Waals surface area contributed by atoms with Crippen LogP contribution in [-0.2, 0) is 15.6 Å². The molecule has 0 atom stereocenters. The van der Waals surface area contributed by atoms with Gasteiger partial charge in [0, 0.05) is 10.9 Å². The Morgan fingerprint density at radius 3 is 2.27 bits per heavy atom. The van der Waals surface area contributed by atoms with Gasteiger partial charge >= 0.3 is 0 Å². The molecule has 2 nitrogen and oxygen atoms in total. The topological polar surface area (TPSA) is 34.1 Å². The number of hydrogen-bond acceptors (Lipinski definition) is 2. The molecule has 15 heavy (non-hydrogen) atoms. The molecule has 0 heterocycles. The summed E-state index contributed by atoms with van der Waals surface area (Å²) in [4.78, 5) is 0. The van der Waals surface area contributed by atoms with Crippen molar-refractivity contribution >= 4 is 33.0 Å². The number of hydrogen-bond donors (Lipinski definition) is 0. The van der Waals surface area contributed by atoms with Gasteiger partial charge in [-0.05, 0) is 24.1 Å². The highest BCUT2D eigenvalue weighted by Crippen LogP contribution is 2.12. The molecule has 0 radical (unpaired) electrons. The summed E-state index contributed by atoms with van der Waals surface area (Å²) in [5.74, 6) is 0.569. The molecule has 0 N–H and O–H groups in total. The van der Waals surface area contributed by atoms with Gasteiger partial charge in [0.15, 0.2) is 9.84 Å². The fraction of sp³-hybridized carbons (Fsp3) is 0.400. The molecule has 0 saturated heterocycles. The first-order valence-corrected chi connectivity index (χ1v) is 7.28. The zero-order valence-corrected chi connectivity index (χ0v) is 10.4. The van der Waals surface area contributed by atoms with Crippen molar-refractivity contribution in [2.75, 3.05) is 11.6 Å². The van der Waals surface area contributed by atoms with E-state index in [-0.39, 0.29) is 11.5 Å². The van der Waals surface area contributed by atoms with E-state index in [9.17, 15) is 8.42 Å². The predicted octanol–water partition coefficient (Wildman–Crippen LogP) is 2.88. The molecule has 1 aromatic carbocycles. The average molecular weight is 267 g/mol. The smallest absolute Gasteiger partial charge is 0.154 e. The predicted molar refractivity (Wildman–Crippen MR) is 64.3 cm³/mol. The Bertz CT molecular complexity index is 398. The summed E-state index contributed by atoms with van der Waals surface area (Å²) >= 11 is 11.1. The maximum atomic E-state index is 11.6. The summed E-state index contributed by atoms with van der Waals surface area (Å²) < 4.78 is 23.1. The van der Waals surface area contributed by atoms with Crippen LogP contribution in [0.25, 0.3) is 0 Å². The van der Waals surface area contributed by atoms with Crippen molar-refractivity contribution in [1.29, 1.82) is 0 Å². The highest BCUT2D eigenvalue weighted by atomic mass is 35.5. The lowest BCUT2D eigenvalue weighted by molar-refractivity contribution is 0.594. The van der Waals surface area contributed by atoms with Gasteiger partial charge in [-0.3, -0.25) is 0 Å². The second-order valence-corrected chi connectivity index (χ2v) is 6.26. The number of sulfone groups is 1. The summed E-state index contributed by atoms with van der Waals surface area (Å²) in [6.45, 7) is 0. The molecule has 0 fully saturated rings. The minimum absolute atomic E-state index is 0.0566. The van der Waals surface area contributed by atoms with Crippen molar-refractivity contribution < 1.29 is 8.42 Å². The SMILES string of the molecule is O=S(=O)(CCCCl)Cc1ccc(Cl)cc1. The molecule has 0 amide bonds. The third kappa shape index (κ3) is 4.87. The molecule has 1 rings (SSSR count). The van der Waals surface area contributed by atoms with E-state index in [4.69, 9.17) is 23.2 Å². The maximum Gasteiger partial charge on any atom is 0.154 e. The molecule has 0 bridgehead atoms. The largest absolute Gasteiger partial charge is 0.228 e. The van der Waals surface area contributed by atoms with E-state index >= 15 is 0 Å². The van der Waals surface area contributed by atoms with E-state index in [0.29, 0.717) is 17.3 Å². The van der Waals surface area contributed by atoms with Crippen LogP contribution >= 0.6 is 23.2 Å². The summed E-state index contributed by atoms with van der Waals surface area (Å²) in [5.41, 5.74) is 0.758. The molecular formula is C10H12Cl2O2S. The normalized spacial score (nSPS) is 11.6. The van der Waals surface area contributed by atoms with Crippen LogP contribution in [0.4, 0.5) is 0 Å². The van der Waals surface area contributed by atoms with E-state index in [1.54, 1.807) is 24.3 Å².